The van der Waals surface area contributed by atoms with Crippen LogP contribution in [0.5, 0.6) is 0 Å². The molecule has 0 aliphatic heterocycles. The summed E-state index contributed by atoms with van der Waals surface area (Å²) in [5.74, 6) is 0.179. The summed E-state index contributed by atoms with van der Waals surface area (Å²) in [6.45, 7) is 1.74. The molecule has 0 saturated carbocycles. The molecule has 1 atom stereocenters. The zero-order chi connectivity index (χ0) is 13.4. The van der Waals surface area contributed by atoms with Crippen molar-refractivity contribution in [3.63, 3.8) is 0 Å². The fraction of sp³-hybridized carbons (Fsp3) is 0.385. The minimum atomic E-state index is -0.441. The van der Waals surface area contributed by atoms with Crippen LogP contribution in [-0.4, -0.2) is 30.8 Å². The first-order chi connectivity index (χ1) is 8.63. The number of ether oxygens (including phenoxy) is 1. The minimum Gasteiger partial charge on any atom is -0.468 e. The number of methoxy groups -OCH3 is 1. The molecule has 0 radical (unpaired) electrons. The second-order valence-corrected chi connectivity index (χ2v) is 5.06. The highest BCUT2D eigenvalue weighted by Crippen LogP contribution is 2.17. The fourth-order valence-corrected chi connectivity index (χ4v) is 2.12. The third-order valence-corrected chi connectivity index (χ3v) is 3.56. The largest absolute Gasteiger partial charge is 0.468 e. The van der Waals surface area contributed by atoms with Crippen LogP contribution in [0.1, 0.15) is 12.5 Å². The summed E-state index contributed by atoms with van der Waals surface area (Å²) in [4.78, 5) is 22.5. The van der Waals surface area contributed by atoms with E-state index in [4.69, 9.17) is 0 Å². The minimum absolute atomic E-state index is 0.0778. The van der Waals surface area contributed by atoms with Crippen LogP contribution in [0, 0.1) is 0 Å². The first-order valence-electron chi connectivity index (χ1n) is 5.63. The van der Waals surface area contributed by atoms with E-state index in [1.54, 1.807) is 0 Å². The highest BCUT2D eigenvalue weighted by atomic mass is 32.2. The van der Waals surface area contributed by atoms with Gasteiger partial charge in [0.1, 0.15) is 6.54 Å². The molecule has 5 heteroatoms. The summed E-state index contributed by atoms with van der Waals surface area (Å²) < 4.78 is 4.45. The van der Waals surface area contributed by atoms with Crippen molar-refractivity contribution in [2.45, 2.75) is 17.9 Å². The van der Waals surface area contributed by atoms with E-state index in [-0.39, 0.29) is 17.7 Å². The van der Waals surface area contributed by atoms with Gasteiger partial charge in [-0.05, 0) is 12.5 Å². The van der Waals surface area contributed by atoms with Gasteiger partial charge in [0, 0.05) is 5.75 Å². The van der Waals surface area contributed by atoms with Crippen LogP contribution in [0.25, 0.3) is 0 Å². The predicted molar refractivity (Wildman–Crippen MR) is 72.2 cm³/mol. The van der Waals surface area contributed by atoms with E-state index in [9.17, 15) is 9.59 Å². The van der Waals surface area contributed by atoms with Crippen LogP contribution < -0.4 is 5.32 Å². The van der Waals surface area contributed by atoms with E-state index in [2.05, 4.69) is 10.1 Å². The Labute approximate surface area is 111 Å². The first kappa shape index (κ1) is 14.6. The molecule has 0 aliphatic carbocycles. The van der Waals surface area contributed by atoms with Crippen LogP contribution >= 0.6 is 11.8 Å². The van der Waals surface area contributed by atoms with Crippen molar-refractivity contribution in [2.75, 3.05) is 13.7 Å². The lowest BCUT2D eigenvalue weighted by molar-refractivity contribution is -0.141. The molecule has 18 heavy (non-hydrogen) atoms. The van der Waals surface area contributed by atoms with E-state index >= 15 is 0 Å². The number of thioether (sulfide) groups is 1. The van der Waals surface area contributed by atoms with Gasteiger partial charge in [0.25, 0.3) is 0 Å². The molecule has 1 amide bonds. The Kier molecular flexibility index (Phi) is 6.28. The Morgan fingerprint density at radius 2 is 2.00 bits per heavy atom. The summed E-state index contributed by atoms with van der Waals surface area (Å²) in [6.07, 6.45) is 0. The molecule has 1 aromatic carbocycles. The van der Waals surface area contributed by atoms with Crippen LogP contribution in [-0.2, 0) is 20.1 Å². The quantitative estimate of drug-likeness (QED) is 0.795. The summed E-state index contributed by atoms with van der Waals surface area (Å²) in [5, 5.41) is 2.34. The Bertz CT molecular complexity index is 394. The van der Waals surface area contributed by atoms with Crippen LogP contribution in [0.3, 0.4) is 0 Å². The molecule has 0 spiro atoms. The lowest BCUT2D eigenvalue weighted by Crippen LogP contribution is -2.35. The third-order valence-electron chi connectivity index (χ3n) is 2.35. The molecule has 0 aromatic heterocycles. The van der Waals surface area contributed by atoms with Crippen LogP contribution in [0.2, 0.25) is 0 Å². The molecule has 1 unspecified atom stereocenters. The van der Waals surface area contributed by atoms with Crippen molar-refractivity contribution in [3.8, 4) is 0 Å². The van der Waals surface area contributed by atoms with Gasteiger partial charge >= 0.3 is 5.97 Å². The van der Waals surface area contributed by atoms with Crippen molar-refractivity contribution in [2.24, 2.45) is 0 Å². The molecule has 0 saturated heterocycles. The normalized spacial score (nSPS) is 11.7. The smallest absolute Gasteiger partial charge is 0.325 e. The summed E-state index contributed by atoms with van der Waals surface area (Å²) >= 11 is 1.53. The fourth-order valence-electron chi connectivity index (χ4n) is 1.25. The number of nitrogens with one attached hydrogen (secondary N) is 1. The van der Waals surface area contributed by atoms with E-state index in [0.29, 0.717) is 0 Å². The molecule has 98 valence electrons. The topological polar surface area (TPSA) is 55.4 Å². The number of benzene rings is 1. The van der Waals surface area contributed by atoms with Crippen LogP contribution in [0.4, 0.5) is 0 Å². The zero-order valence-electron chi connectivity index (χ0n) is 10.5. The van der Waals surface area contributed by atoms with Gasteiger partial charge in [-0.3, -0.25) is 9.59 Å². The maximum absolute atomic E-state index is 11.6. The number of carbonyl (C=O) groups excluding carboxylic acids is 2. The Hall–Kier alpha value is -1.49. The molecule has 1 rings (SSSR count). The Morgan fingerprint density at radius 3 is 2.61 bits per heavy atom. The molecule has 1 aromatic rings. The van der Waals surface area contributed by atoms with Gasteiger partial charge < -0.3 is 10.1 Å². The van der Waals surface area contributed by atoms with Crippen molar-refractivity contribution >= 4 is 23.6 Å². The van der Waals surface area contributed by atoms with Gasteiger partial charge in [0.2, 0.25) is 5.91 Å². The average molecular weight is 267 g/mol. The van der Waals surface area contributed by atoms with Crippen molar-refractivity contribution in [3.05, 3.63) is 35.9 Å². The zero-order valence-corrected chi connectivity index (χ0v) is 11.3. The first-order valence-corrected chi connectivity index (χ1v) is 6.68. The lowest BCUT2D eigenvalue weighted by atomic mass is 10.2. The standard InChI is InChI=1S/C13H17NO3S/c1-10(13(16)14-8-12(15)17-2)18-9-11-6-4-3-5-7-11/h3-7,10H,8-9H2,1-2H3,(H,14,16). The lowest BCUT2D eigenvalue weighted by Gasteiger charge is -2.11. The SMILES string of the molecule is COC(=O)CNC(=O)C(C)SCc1ccccc1. The summed E-state index contributed by atoms with van der Waals surface area (Å²) in [7, 11) is 1.29. The summed E-state index contributed by atoms with van der Waals surface area (Å²) in [6, 6.07) is 9.94. The average Bonchev–Trinajstić information content (AvgIpc) is 2.42. The second-order valence-electron chi connectivity index (χ2n) is 3.73. The number of carbonyl (C=O) groups is 2. The monoisotopic (exact) mass is 267 g/mol. The Balaban J connectivity index is 2.30. The Morgan fingerprint density at radius 1 is 1.33 bits per heavy atom. The predicted octanol–water partition coefficient (Wildman–Crippen LogP) is 1.60. The maximum atomic E-state index is 11.6. The number of hydrogen-bond acceptors (Lipinski definition) is 4. The second kappa shape index (κ2) is 7.76. The van der Waals surface area contributed by atoms with E-state index in [1.165, 1.54) is 24.4 Å². The number of esters is 1. The van der Waals surface area contributed by atoms with Gasteiger partial charge in [-0.2, -0.15) is 0 Å². The molecule has 0 fully saturated rings. The molecule has 0 heterocycles. The van der Waals surface area contributed by atoms with Gasteiger partial charge in [-0.25, -0.2) is 0 Å². The molecular formula is C13H17NO3S. The molecular weight excluding hydrogens is 250 g/mol. The van der Waals surface area contributed by atoms with Crippen LogP contribution in [0.15, 0.2) is 30.3 Å². The molecule has 1 N–H and O–H groups in total. The molecule has 0 aliphatic rings. The molecule has 4 nitrogen and oxygen atoms in total. The highest BCUT2D eigenvalue weighted by molar-refractivity contribution is 7.99. The number of hydrogen-bond donors (Lipinski definition) is 1. The number of amides is 1. The number of rotatable bonds is 6. The van der Waals surface area contributed by atoms with E-state index < -0.39 is 5.97 Å². The van der Waals surface area contributed by atoms with Crippen molar-refractivity contribution in [1.82, 2.24) is 5.32 Å². The van der Waals surface area contributed by atoms with Gasteiger partial charge in [0.15, 0.2) is 0 Å². The van der Waals surface area contributed by atoms with E-state index in [1.807, 2.05) is 37.3 Å². The highest BCUT2D eigenvalue weighted by Gasteiger charge is 2.14. The van der Waals surface area contributed by atoms with Gasteiger partial charge in [0.05, 0.1) is 12.4 Å². The third kappa shape index (κ3) is 5.23. The molecule has 0 bridgehead atoms. The van der Waals surface area contributed by atoms with Crippen molar-refractivity contribution in [1.29, 1.82) is 0 Å². The maximum Gasteiger partial charge on any atom is 0.325 e. The summed E-state index contributed by atoms with van der Waals surface area (Å²) in [5.41, 5.74) is 1.18. The van der Waals surface area contributed by atoms with E-state index in [0.717, 1.165) is 5.75 Å². The van der Waals surface area contributed by atoms with Crippen molar-refractivity contribution < 1.29 is 14.3 Å². The van der Waals surface area contributed by atoms with Gasteiger partial charge in [-0.1, -0.05) is 30.3 Å². The van der Waals surface area contributed by atoms with Gasteiger partial charge in [-0.15, -0.1) is 11.8 Å².